The van der Waals surface area contributed by atoms with E-state index in [1.54, 1.807) is 0 Å². The van der Waals surface area contributed by atoms with Gasteiger partial charge in [-0.1, -0.05) is 10.3 Å². The summed E-state index contributed by atoms with van der Waals surface area (Å²) in [7, 11) is 0. The molecular weight excluding hydrogens is 280 g/mol. The lowest BCUT2D eigenvalue weighted by atomic mass is 10.2. The molecule has 0 aromatic carbocycles. The van der Waals surface area contributed by atoms with Gasteiger partial charge in [0.1, 0.15) is 12.4 Å². The summed E-state index contributed by atoms with van der Waals surface area (Å²) < 4.78 is 4.14. The van der Waals surface area contributed by atoms with E-state index in [1.165, 1.54) is 12.4 Å². The van der Waals surface area contributed by atoms with Gasteiger partial charge in [-0.25, -0.2) is 9.15 Å². The van der Waals surface area contributed by atoms with E-state index in [4.69, 9.17) is 10.4 Å². The van der Waals surface area contributed by atoms with Crippen LogP contribution in [0.4, 0.5) is 0 Å². The molecule has 6 heteroatoms. The van der Waals surface area contributed by atoms with Gasteiger partial charge >= 0.3 is 0 Å². The van der Waals surface area contributed by atoms with Crippen molar-refractivity contribution in [3.63, 3.8) is 0 Å². The fourth-order valence-corrected chi connectivity index (χ4v) is 2.23. The second-order valence-electron chi connectivity index (χ2n) is 4.94. The Morgan fingerprint density at radius 1 is 0.864 bits per heavy atom. The van der Waals surface area contributed by atoms with Crippen LogP contribution in [0, 0.1) is 0 Å². The van der Waals surface area contributed by atoms with E-state index in [0.29, 0.717) is 13.1 Å². The fourth-order valence-electron chi connectivity index (χ4n) is 2.23. The molecule has 0 aromatic rings. The third kappa shape index (κ3) is 4.97. The van der Waals surface area contributed by atoms with Crippen LogP contribution in [0.2, 0.25) is 0 Å². The lowest BCUT2D eigenvalue weighted by Crippen LogP contribution is -2.15. The number of oxime groups is 2. The zero-order valence-corrected chi connectivity index (χ0v) is 12.3. The van der Waals surface area contributed by atoms with Crippen molar-refractivity contribution in [2.45, 2.75) is 12.8 Å². The summed E-state index contributed by atoms with van der Waals surface area (Å²) in [6.45, 7) is 1.42. The Labute approximate surface area is 129 Å². The average molecular weight is 300 g/mol. The van der Waals surface area contributed by atoms with Crippen molar-refractivity contribution in [1.29, 1.82) is 0 Å². The van der Waals surface area contributed by atoms with Crippen LogP contribution in [0.1, 0.15) is 12.8 Å². The Balaban J connectivity index is 1.83. The van der Waals surface area contributed by atoms with Crippen LogP contribution in [-0.4, -0.2) is 57.5 Å². The van der Waals surface area contributed by atoms with Crippen LogP contribution in [0.5, 0.6) is 0 Å². The second-order valence-corrected chi connectivity index (χ2v) is 4.94. The lowest BCUT2D eigenvalue weighted by molar-refractivity contribution is -0.446. The topological polar surface area (TPSA) is 71.2 Å². The molecule has 2 aliphatic heterocycles. The van der Waals surface area contributed by atoms with E-state index in [0.717, 1.165) is 24.0 Å². The van der Waals surface area contributed by atoms with Crippen molar-refractivity contribution in [2.24, 2.45) is 10.3 Å². The first-order valence-corrected chi connectivity index (χ1v) is 7.09. The van der Waals surface area contributed by atoms with E-state index in [-0.39, 0.29) is 0 Å². The van der Waals surface area contributed by atoms with Crippen molar-refractivity contribution >= 4 is 24.9 Å². The number of unbranched alkanes of at least 4 members (excludes halogenated alkanes) is 1. The molecule has 0 aromatic heterocycles. The minimum atomic E-state index is 0.712. The lowest BCUT2D eigenvalue weighted by Gasteiger charge is -2.03. The third-order valence-electron chi connectivity index (χ3n) is 3.25. The molecule has 0 saturated carbocycles. The van der Waals surface area contributed by atoms with Crippen molar-refractivity contribution in [3.8, 4) is 0 Å². The van der Waals surface area contributed by atoms with Crippen molar-refractivity contribution in [1.82, 2.24) is 0 Å². The van der Waals surface area contributed by atoms with Crippen LogP contribution < -0.4 is 0 Å². The molecule has 0 aliphatic carbocycles. The van der Waals surface area contributed by atoms with Gasteiger partial charge < -0.3 is 10.4 Å². The molecule has 0 atom stereocenters. The van der Waals surface area contributed by atoms with E-state index >= 15 is 0 Å². The Morgan fingerprint density at radius 2 is 1.32 bits per heavy atom. The maximum Gasteiger partial charge on any atom is 0.175 e. The summed E-state index contributed by atoms with van der Waals surface area (Å²) >= 11 is 0. The van der Waals surface area contributed by atoms with Gasteiger partial charge in [0.2, 0.25) is 0 Å². The first-order chi connectivity index (χ1) is 10.8. The van der Waals surface area contributed by atoms with Gasteiger partial charge in [-0.05, 0) is 12.2 Å². The second kappa shape index (κ2) is 8.51. The summed E-state index contributed by atoms with van der Waals surface area (Å²) in [4.78, 5) is 0. The zero-order valence-electron chi connectivity index (χ0n) is 12.3. The Morgan fingerprint density at radius 3 is 1.73 bits per heavy atom. The SMILES string of the molecule is ON=CC1=CC=C[N+](=CCCC=[N+]2C=CC=C(C=NO)C2)C1. The van der Waals surface area contributed by atoms with Gasteiger partial charge in [0.15, 0.2) is 25.5 Å². The average Bonchev–Trinajstić information content (AvgIpc) is 2.53. The number of rotatable bonds is 5. The molecule has 6 nitrogen and oxygen atoms in total. The van der Waals surface area contributed by atoms with Crippen molar-refractivity contribution < 1.29 is 19.6 Å². The van der Waals surface area contributed by atoms with E-state index in [2.05, 4.69) is 31.9 Å². The maximum absolute atomic E-state index is 8.55. The highest BCUT2D eigenvalue weighted by Gasteiger charge is 2.09. The molecule has 0 saturated heterocycles. The highest BCUT2D eigenvalue weighted by molar-refractivity contribution is 5.79. The standard InChI is InChI=1S/C16H18N4O2/c21-17-11-15-5-3-9-19(13-15)7-1-2-8-20-10-4-6-16(14-20)12-18-22/h3-12H,1-2,13-14H2/p+2. The van der Waals surface area contributed by atoms with E-state index in [9.17, 15) is 0 Å². The van der Waals surface area contributed by atoms with Crippen LogP contribution in [0.25, 0.3) is 0 Å². The molecule has 0 unspecified atom stereocenters. The summed E-state index contributed by atoms with van der Waals surface area (Å²) in [6.07, 6.45) is 20.6. The van der Waals surface area contributed by atoms with E-state index in [1.807, 2.05) is 36.7 Å². The molecule has 2 rings (SSSR count). The summed E-state index contributed by atoms with van der Waals surface area (Å²) in [5.74, 6) is 0. The monoisotopic (exact) mass is 300 g/mol. The molecule has 2 aliphatic rings. The summed E-state index contributed by atoms with van der Waals surface area (Å²) in [5, 5.41) is 23.2. The molecule has 22 heavy (non-hydrogen) atoms. The highest BCUT2D eigenvalue weighted by atomic mass is 16.4. The minimum absolute atomic E-state index is 0.712. The molecule has 0 spiro atoms. The molecule has 0 radical (unpaired) electrons. The van der Waals surface area contributed by atoms with Crippen molar-refractivity contribution in [2.75, 3.05) is 13.1 Å². The van der Waals surface area contributed by atoms with Crippen LogP contribution in [-0.2, 0) is 0 Å². The molecule has 2 N–H and O–H groups in total. The minimum Gasteiger partial charge on any atom is -0.411 e. The van der Waals surface area contributed by atoms with Crippen molar-refractivity contribution in [3.05, 3.63) is 47.9 Å². The smallest absolute Gasteiger partial charge is 0.175 e. The van der Waals surface area contributed by atoms with Crippen LogP contribution in [0.15, 0.2) is 58.2 Å². The van der Waals surface area contributed by atoms with E-state index < -0.39 is 0 Å². The molecule has 0 fully saturated rings. The third-order valence-corrected chi connectivity index (χ3v) is 3.25. The number of hydrogen-bond acceptors (Lipinski definition) is 4. The molecule has 114 valence electrons. The predicted molar refractivity (Wildman–Crippen MR) is 86.6 cm³/mol. The first kappa shape index (κ1) is 15.6. The zero-order chi connectivity index (χ0) is 15.6. The number of allylic oxidation sites excluding steroid dienone is 4. The van der Waals surface area contributed by atoms with Gasteiger partial charge in [-0.3, -0.25) is 0 Å². The summed E-state index contributed by atoms with van der Waals surface area (Å²) in [5.41, 5.74) is 1.92. The van der Waals surface area contributed by atoms with Crippen LogP contribution in [0.3, 0.4) is 0 Å². The Bertz CT molecular complexity index is 579. The van der Waals surface area contributed by atoms with Crippen LogP contribution >= 0.6 is 0 Å². The Kier molecular flexibility index (Phi) is 6.04. The fraction of sp³-hybridized carbons (Fsp3) is 0.250. The quantitative estimate of drug-likeness (QED) is 0.267. The highest BCUT2D eigenvalue weighted by Crippen LogP contribution is 2.02. The summed E-state index contributed by atoms with van der Waals surface area (Å²) in [6, 6.07) is 0. The first-order valence-electron chi connectivity index (χ1n) is 7.09. The predicted octanol–water partition coefficient (Wildman–Crippen LogP) is 1.76. The Hall–Kier alpha value is -2.76. The molecule has 0 bridgehead atoms. The van der Waals surface area contributed by atoms with Gasteiger partial charge in [0.25, 0.3) is 0 Å². The normalized spacial score (nSPS) is 22.0. The van der Waals surface area contributed by atoms with Gasteiger partial charge in [0.05, 0.1) is 12.4 Å². The molecular formula is C16H20N4O2+2. The number of hydrogen-bond donors (Lipinski definition) is 2. The molecule has 2 heterocycles. The van der Waals surface area contributed by atoms with Gasteiger partial charge in [-0.15, -0.1) is 0 Å². The largest absolute Gasteiger partial charge is 0.411 e. The van der Waals surface area contributed by atoms with Gasteiger partial charge in [-0.2, -0.15) is 0 Å². The van der Waals surface area contributed by atoms with Gasteiger partial charge in [0, 0.05) is 36.1 Å². The number of nitrogens with zero attached hydrogens (tertiary/aromatic N) is 4. The molecule has 0 amide bonds. The maximum atomic E-state index is 8.55.